The Labute approximate surface area is 227 Å². The molecular weight excluding hydrogens is 496 g/mol. The minimum Gasteiger partial charge on any atom is -0.493 e. The first-order valence-corrected chi connectivity index (χ1v) is 13.7. The second-order valence-corrected chi connectivity index (χ2v) is 10.6. The summed E-state index contributed by atoms with van der Waals surface area (Å²) >= 11 is 1.63. The number of benzene rings is 3. The number of hydrogen-bond acceptors (Lipinski definition) is 5. The summed E-state index contributed by atoms with van der Waals surface area (Å²) in [6.07, 6.45) is 2.53. The van der Waals surface area contributed by atoms with Crippen molar-refractivity contribution in [2.45, 2.75) is 31.8 Å². The molecule has 1 aliphatic carbocycles. The van der Waals surface area contributed by atoms with E-state index in [0.717, 1.165) is 34.1 Å². The van der Waals surface area contributed by atoms with E-state index in [2.05, 4.69) is 0 Å². The minimum atomic E-state index is -0.0754. The SMILES string of the molecule is COc1ccc(CCN(Cc2cccs2)C(=O)CN(C(=O)c2cccc3ccccc23)C2CC2)cc1OC. The van der Waals surface area contributed by atoms with E-state index in [1.807, 2.05) is 83.1 Å². The largest absolute Gasteiger partial charge is 0.493 e. The summed E-state index contributed by atoms with van der Waals surface area (Å²) in [6, 6.07) is 23.7. The number of ether oxygens (including phenoxy) is 2. The Morgan fingerprint density at radius 3 is 2.45 bits per heavy atom. The van der Waals surface area contributed by atoms with E-state index >= 15 is 0 Å². The van der Waals surface area contributed by atoms with Crippen molar-refractivity contribution in [3.05, 3.63) is 94.2 Å². The van der Waals surface area contributed by atoms with Crippen LogP contribution >= 0.6 is 11.3 Å². The van der Waals surface area contributed by atoms with Crippen molar-refractivity contribution in [1.29, 1.82) is 0 Å². The van der Waals surface area contributed by atoms with E-state index in [1.54, 1.807) is 30.5 Å². The lowest BCUT2D eigenvalue weighted by atomic mass is 10.0. The van der Waals surface area contributed by atoms with E-state index in [-0.39, 0.29) is 24.4 Å². The van der Waals surface area contributed by atoms with E-state index < -0.39 is 0 Å². The van der Waals surface area contributed by atoms with Gasteiger partial charge in [-0.3, -0.25) is 9.59 Å². The van der Waals surface area contributed by atoms with Crippen LogP contribution in [0.1, 0.15) is 33.6 Å². The summed E-state index contributed by atoms with van der Waals surface area (Å²) in [4.78, 5) is 32.3. The molecule has 0 N–H and O–H groups in total. The topological polar surface area (TPSA) is 59.1 Å². The van der Waals surface area contributed by atoms with Gasteiger partial charge in [0.05, 0.1) is 20.8 Å². The molecule has 5 rings (SSSR count). The van der Waals surface area contributed by atoms with Gasteiger partial charge in [-0.25, -0.2) is 0 Å². The number of hydrogen-bond donors (Lipinski definition) is 0. The first-order chi connectivity index (χ1) is 18.6. The van der Waals surface area contributed by atoms with E-state index in [1.165, 1.54) is 0 Å². The highest BCUT2D eigenvalue weighted by Gasteiger charge is 2.35. The highest BCUT2D eigenvalue weighted by molar-refractivity contribution is 7.09. The first kappa shape index (κ1) is 25.8. The second-order valence-electron chi connectivity index (χ2n) is 9.52. The van der Waals surface area contributed by atoms with Crippen LogP contribution in [0.5, 0.6) is 11.5 Å². The number of carbonyl (C=O) groups is 2. The van der Waals surface area contributed by atoms with Gasteiger partial charge in [-0.05, 0) is 65.2 Å². The first-order valence-electron chi connectivity index (χ1n) is 12.9. The molecule has 1 aromatic heterocycles. The van der Waals surface area contributed by atoms with Gasteiger partial charge in [0.1, 0.15) is 6.54 Å². The average molecular weight is 529 g/mol. The van der Waals surface area contributed by atoms with Crippen molar-refractivity contribution >= 4 is 33.9 Å². The van der Waals surface area contributed by atoms with Crippen LogP contribution in [0.3, 0.4) is 0 Å². The summed E-state index contributed by atoms with van der Waals surface area (Å²) in [7, 11) is 3.23. The Morgan fingerprint density at radius 1 is 0.921 bits per heavy atom. The van der Waals surface area contributed by atoms with Crippen LogP contribution in [0, 0.1) is 0 Å². The van der Waals surface area contributed by atoms with Gasteiger partial charge in [-0.15, -0.1) is 11.3 Å². The van der Waals surface area contributed by atoms with Crippen LogP contribution in [0.2, 0.25) is 0 Å². The van der Waals surface area contributed by atoms with Crippen LogP contribution in [0.4, 0.5) is 0 Å². The molecule has 0 radical (unpaired) electrons. The van der Waals surface area contributed by atoms with Gasteiger partial charge in [0, 0.05) is 23.0 Å². The number of methoxy groups -OCH3 is 2. The number of carbonyl (C=O) groups excluding carboxylic acids is 2. The molecule has 7 heteroatoms. The fourth-order valence-electron chi connectivity index (χ4n) is 4.75. The van der Waals surface area contributed by atoms with E-state index in [4.69, 9.17) is 9.47 Å². The molecule has 4 aromatic rings. The summed E-state index contributed by atoms with van der Waals surface area (Å²) in [6.45, 7) is 1.13. The Bertz CT molecular complexity index is 1410. The van der Waals surface area contributed by atoms with Crippen LogP contribution in [0.15, 0.2) is 78.2 Å². The van der Waals surface area contributed by atoms with Gasteiger partial charge in [-0.2, -0.15) is 0 Å². The zero-order valence-corrected chi connectivity index (χ0v) is 22.6. The van der Waals surface area contributed by atoms with Gasteiger partial charge in [-0.1, -0.05) is 48.5 Å². The normalized spacial score (nSPS) is 12.8. The molecule has 1 aliphatic rings. The van der Waals surface area contributed by atoms with Crippen LogP contribution in [-0.2, 0) is 17.8 Å². The van der Waals surface area contributed by atoms with Crippen LogP contribution < -0.4 is 9.47 Å². The monoisotopic (exact) mass is 528 g/mol. The fourth-order valence-corrected chi connectivity index (χ4v) is 5.47. The quantitative estimate of drug-likeness (QED) is 0.247. The molecule has 0 spiro atoms. The number of amides is 2. The van der Waals surface area contributed by atoms with Crippen LogP contribution in [-0.4, -0.2) is 55.0 Å². The number of fused-ring (bicyclic) bond motifs is 1. The molecular formula is C31H32N2O4S. The lowest BCUT2D eigenvalue weighted by molar-refractivity contribution is -0.132. The standard InChI is InChI=1S/C31H32N2O4S/c1-36-28-15-12-22(19-29(28)37-2)16-17-32(20-25-9-6-18-38-25)30(34)21-33(24-13-14-24)31(35)27-11-5-8-23-7-3-4-10-26(23)27/h3-12,15,18-19,24H,13-14,16-17,20-21H2,1-2H3. The molecule has 0 atom stereocenters. The molecule has 196 valence electrons. The third kappa shape index (κ3) is 5.83. The third-order valence-corrected chi connectivity index (χ3v) is 7.83. The molecule has 38 heavy (non-hydrogen) atoms. The summed E-state index contributed by atoms with van der Waals surface area (Å²) < 4.78 is 10.8. The number of nitrogens with zero attached hydrogens (tertiary/aromatic N) is 2. The van der Waals surface area contributed by atoms with Crippen molar-refractivity contribution in [3.63, 3.8) is 0 Å². The van der Waals surface area contributed by atoms with E-state index in [0.29, 0.717) is 36.6 Å². The van der Waals surface area contributed by atoms with Gasteiger partial charge in [0.15, 0.2) is 11.5 Å². The van der Waals surface area contributed by atoms with Crippen molar-refractivity contribution in [2.24, 2.45) is 0 Å². The highest BCUT2D eigenvalue weighted by Crippen LogP contribution is 2.31. The van der Waals surface area contributed by atoms with Gasteiger partial charge in [0.2, 0.25) is 5.91 Å². The van der Waals surface area contributed by atoms with Crippen molar-refractivity contribution in [2.75, 3.05) is 27.3 Å². The zero-order chi connectivity index (χ0) is 26.5. The predicted molar refractivity (Wildman–Crippen MR) is 151 cm³/mol. The van der Waals surface area contributed by atoms with Gasteiger partial charge >= 0.3 is 0 Å². The minimum absolute atomic E-state index is 0.0423. The smallest absolute Gasteiger partial charge is 0.255 e. The Kier molecular flexibility index (Phi) is 7.94. The molecule has 1 heterocycles. The molecule has 0 aliphatic heterocycles. The Morgan fingerprint density at radius 2 is 1.71 bits per heavy atom. The summed E-state index contributed by atoms with van der Waals surface area (Å²) in [5, 5.41) is 3.96. The summed E-state index contributed by atoms with van der Waals surface area (Å²) in [5.74, 6) is 1.23. The highest BCUT2D eigenvalue weighted by atomic mass is 32.1. The molecule has 0 saturated heterocycles. The maximum atomic E-state index is 13.8. The van der Waals surface area contributed by atoms with Gasteiger partial charge in [0.25, 0.3) is 5.91 Å². The third-order valence-electron chi connectivity index (χ3n) is 6.97. The molecule has 1 fully saturated rings. The lowest BCUT2D eigenvalue weighted by Crippen LogP contribution is -2.44. The Balaban J connectivity index is 1.35. The average Bonchev–Trinajstić information content (AvgIpc) is 3.67. The molecule has 2 amide bonds. The predicted octanol–water partition coefficient (Wildman–Crippen LogP) is 5.79. The number of rotatable bonds is 11. The van der Waals surface area contributed by atoms with Crippen LogP contribution in [0.25, 0.3) is 10.8 Å². The molecule has 0 bridgehead atoms. The van der Waals surface area contributed by atoms with Crippen molar-refractivity contribution < 1.29 is 19.1 Å². The maximum absolute atomic E-state index is 13.8. The molecule has 1 saturated carbocycles. The zero-order valence-electron chi connectivity index (χ0n) is 21.8. The van der Waals surface area contributed by atoms with Crippen molar-refractivity contribution in [3.8, 4) is 11.5 Å². The Hall–Kier alpha value is -3.84. The van der Waals surface area contributed by atoms with Gasteiger partial charge < -0.3 is 19.3 Å². The molecule has 3 aromatic carbocycles. The molecule has 6 nitrogen and oxygen atoms in total. The molecule has 0 unspecified atom stereocenters. The number of thiophene rings is 1. The lowest BCUT2D eigenvalue weighted by Gasteiger charge is -2.28. The van der Waals surface area contributed by atoms with E-state index in [9.17, 15) is 9.59 Å². The fraction of sp³-hybridized carbons (Fsp3) is 0.290. The maximum Gasteiger partial charge on any atom is 0.255 e. The second kappa shape index (κ2) is 11.7. The van der Waals surface area contributed by atoms with Crippen molar-refractivity contribution in [1.82, 2.24) is 9.80 Å². The summed E-state index contributed by atoms with van der Waals surface area (Å²) in [5.41, 5.74) is 1.70.